The van der Waals surface area contributed by atoms with Gasteiger partial charge in [0, 0.05) is 24.6 Å². The first-order chi connectivity index (χ1) is 9.22. The third kappa shape index (κ3) is 3.63. The van der Waals surface area contributed by atoms with Gasteiger partial charge in [-0.1, -0.05) is 16.6 Å². The molecule has 0 aliphatic heterocycles. The van der Waals surface area contributed by atoms with Crippen LogP contribution in [-0.2, 0) is 13.1 Å². The van der Waals surface area contributed by atoms with Crippen molar-refractivity contribution in [2.75, 3.05) is 19.6 Å². The molecule has 0 radical (unpaired) electrons. The molecule has 0 spiro atoms. The minimum absolute atomic E-state index is 0.688. The summed E-state index contributed by atoms with van der Waals surface area (Å²) in [5.74, 6) is 6.27. The number of hydrogen-bond donors (Lipinski definition) is 2. The summed E-state index contributed by atoms with van der Waals surface area (Å²) in [5.41, 5.74) is 4.66. The van der Waals surface area contributed by atoms with Gasteiger partial charge in [-0.25, -0.2) is 5.84 Å². The Labute approximate surface area is 116 Å². The predicted molar refractivity (Wildman–Crippen MR) is 75.9 cm³/mol. The van der Waals surface area contributed by atoms with Crippen molar-refractivity contribution in [3.05, 3.63) is 35.5 Å². The minimum Gasteiger partial charge on any atom is -0.497 e. The van der Waals surface area contributed by atoms with Crippen molar-refractivity contribution < 1.29 is 4.74 Å². The van der Waals surface area contributed by atoms with Crippen LogP contribution in [0.2, 0.25) is 0 Å². The standard InChI is InChI=1S/C12H17N5OS/c1-17(8-11-12(14-13)19-16-15-11)7-9-4-3-5-10(6-9)18-2/h3-6,14H,7-8,13H2,1-2H3. The summed E-state index contributed by atoms with van der Waals surface area (Å²) in [6.45, 7) is 1.49. The van der Waals surface area contributed by atoms with E-state index in [9.17, 15) is 0 Å². The molecule has 0 aliphatic carbocycles. The van der Waals surface area contributed by atoms with Crippen molar-refractivity contribution in [1.29, 1.82) is 0 Å². The maximum Gasteiger partial charge on any atom is 0.148 e. The number of ether oxygens (including phenoxy) is 1. The molecule has 0 unspecified atom stereocenters. The van der Waals surface area contributed by atoms with Gasteiger partial charge >= 0.3 is 0 Å². The van der Waals surface area contributed by atoms with E-state index in [0.29, 0.717) is 6.54 Å². The number of benzene rings is 1. The molecule has 102 valence electrons. The van der Waals surface area contributed by atoms with Crippen LogP contribution in [0.25, 0.3) is 0 Å². The number of nitrogens with one attached hydrogen (secondary N) is 1. The van der Waals surface area contributed by atoms with Crippen LogP contribution in [0.1, 0.15) is 11.3 Å². The molecule has 0 bridgehead atoms. The van der Waals surface area contributed by atoms with Crippen molar-refractivity contribution >= 4 is 16.5 Å². The second kappa shape index (κ2) is 6.46. The van der Waals surface area contributed by atoms with E-state index in [-0.39, 0.29) is 0 Å². The number of nitrogen functional groups attached to an aromatic ring is 1. The second-order valence-electron chi connectivity index (χ2n) is 4.22. The van der Waals surface area contributed by atoms with Crippen molar-refractivity contribution in [3.8, 4) is 5.75 Å². The topological polar surface area (TPSA) is 76.3 Å². The van der Waals surface area contributed by atoms with E-state index in [1.165, 1.54) is 17.1 Å². The van der Waals surface area contributed by atoms with Gasteiger partial charge in [0.2, 0.25) is 0 Å². The molecule has 2 rings (SSSR count). The summed E-state index contributed by atoms with van der Waals surface area (Å²) >= 11 is 1.26. The van der Waals surface area contributed by atoms with Crippen molar-refractivity contribution in [2.24, 2.45) is 5.84 Å². The molecule has 0 saturated carbocycles. The smallest absolute Gasteiger partial charge is 0.148 e. The van der Waals surface area contributed by atoms with Crippen LogP contribution in [0.15, 0.2) is 24.3 Å². The van der Waals surface area contributed by atoms with E-state index in [1.54, 1.807) is 7.11 Å². The molecule has 6 nitrogen and oxygen atoms in total. The maximum atomic E-state index is 5.41. The lowest BCUT2D eigenvalue weighted by Gasteiger charge is -2.16. The Balaban J connectivity index is 1.99. The summed E-state index contributed by atoms with van der Waals surface area (Å²) in [6.07, 6.45) is 0. The monoisotopic (exact) mass is 279 g/mol. The number of rotatable bonds is 6. The number of anilines is 1. The molecule has 0 aliphatic rings. The Hall–Kier alpha value is -1.70. The van der Waals surface area contributed by atoms with Gasteiger partial charge in [0.25, 0.3) is 0 Å². The van der Waals surface area contributed by atoms with E-state index in [2.05, 4.69) is 26.0 Å². The Morgan fingerprint density at radius 3 is 3.00 bits per heavy atom. The van der Waals surface area contributed by atoms with Crippen molar-refractivity contribution in [3.63, 3.8) is 0 Å². The number of nitrogens with zero attached hydrogens (tertiary/aromatic N) is 3. The van der Waals surface area contributed by atoms with E-state index >= 15 is 0 Å². The molecular weight excluding hydrogens is 262 g/mol. The molecule has 0 amide bonds. The number of methoxy groups -OCH3 is 1. The fourth-order valence-electron chi connectivity index (χ4n) is 1.82. The highest BCUT2D eigenvalue weighted by molar-refractivity contribution is 7.10. The molecule has 0 saturated heterocycles. The van der Waals surface area contributed by atoms with Gasteiger partial charge in [0.15, 0.2) is 0 Å². The largest absolute Gasteiger partial charge is 0.497 e. The number of nitrogens with two attached hydrogens (primary N) is 1. The highest BCUT2D eigenvalue weighted by Crippen LogP contribution is 2.19. The predicted octanol–water partition coefficient (Wildman–Crippen LogP) is 1.46. The van der Waals surface area contributed by atoms with Crippen LogP contribution in [-0.4, -0.2) is 28.6 Å². The normalized spacial score (nSPS) is 10.7. The van der Waals surface area contributed by atoms with Crippen LogP contribution in [0.4, 0.5) is 5.00 Å². The van der Waals surface area contributed by atoms with Gasteiger partial charge in [0.05, 0.1) is 7.11 Å². The fourth-order valence-corrected chi connectivity index (χ4v) is 2.30. The maximum absolute atomic E-state index is 5.41. The summed E-state index contributed by atoms with van der Waals surface area (Å²) in [5, 5.41) is 4.87. The summed E-state index contributed by atoms with van der Waals surface area (Å²) in [6, 6.07) is 8.02. The van der Waals surface area contributed by atoms with E-state index < -0.39 is 0 Å². The van der Waals surface area contributed by atoms with Crippen molar-refractivity contribution in [2.45, 2.75) is 13.1 Å². The zero-order valence-electron chi connectivity index (χ0n) is 11.0. The lowest BCUT2D eigenvalue weighted by atomic mass is 10.2. The zero-order valence-corrected chi connectivity index (χ0v) is 11.8. The Morgan fingerprint density at radius 2 is 2.26 bits per heavy atom. The molecule has 3 N–H and O–H groups in total. The Morgan fingerprint density at radius 1 is 1.42 bits per heavy atom. The first kappa shape index (κ1) is 13.7. The Bertz CT molecular complexity index is 530. The van der Waals surface area contributed by atoms with E-state index in [4.69, 9.17) is 10.6 Å². The van der Waals surface area contributed by atoms with Gasteiger partial charge in [-0.15, -0.1) is 5.10 Å². The van der Waals surface area contributed by atoms with Gasteiger partial charge in [0.1, 0.15) is 16.4 Å². The molecule has 19 heavy (non-hydrogen) atoms. The lowest BCUT2D eigenvalue weighted by molar-refractivity contribution is 0.314. The minimum atomic E-state index is 0.688. The second-order valence-corrected chi connectivity index (χ2v) is 4.97. The molecule has 2 aromatic rings. The van der Waals surface area contributed by atoms with Crippen LogP contribution < -0.4 is 16.0 Å². The van der Waals surface area contributed by atoms with Crippen LogP contribution in [0.5, 0.6) is 5.75 Å². The average Bonchev–Trinajstić information content (AvgIpc) is 2.86. The van der Waals surface area contributed by atoms with Crippen molar-refractivity contribution in [1.82, 2.24) is 14.5 Å². The van der Waals surface area contributed by atoms with Gasteiger partial charge < -0.3 is 10.2 Å². The molecule has 7 heteroatoms. The average molecular weight is 279 g/mol. The third-order valence-electron chi connectivity index (χ3n) is 2.69. The fraction of sp³-hybridized carbons (Fsp3) is 0.333. The highest BCUT2D eigenvalue weighted by atomic mass is 32.1. The van der Waals surface area contributed by atoms with Gasteiger partial charge in [-0.05, 0) is 24.7 Å². The van der Waals surface area contributed by atoms with E-state index in [1.807, 2.05) is 25.2 Å². The molecule has 0 fully saturated rings. The lowest BCUT2D eigenvalue weighted by Crippen LogP contribution is -2.19. The van der Waals surface area contributed by atoms with Crippen LogP contribution in [0, 0.1) is 0 Å². The number of hydrogen-bond acceptors (Lipinski definition) is 7. The molecule has 0 atom stereocenters. The highest BCUT2D eigenvalue weighted by Gasteiger charge is 2.10. The zero-order chi connectivity index (χ0) is 13.7. The molecule has 1 aromatic carbocycles. The van der Waals surface area contributed by atoms with Gasteiger partial charge in [-0.3, -0.25) is 4.90 Å². The Kier molecular flexibility index (Phi) is 4.67. The molecular formula is C12H17N5OS. The van der Waals surface area contributed by atoms with E-state index in [0.717, 1.165) is 23.0 Å². The quantitative estimate of drug-likeness (QED) is 0.616. The summed E-state index contributed by atoms with van der Waals surface area (Å²) < 4.78 is 9.10. The molecule has 1 aromatic heterocycles. The first-order valence-electron chi connectivity index (χ1n) is 5.82. The number of hydrazine groups is 1. The first-order valence-corrected chi connectivity index (χ1v) is 6.59. The third-order valence-corrected chi connectivity index (χ3v) is 3.39. The van der Waals surface area contributed by atoms with Crippen LogP contribution >= 0.6 is 11.5 Å². The van der Waals surface area contributed by atoms with Crippen LogP contribution in [0.3, 0.4) is 0 Å². The summed E-state index contributed by atoms with van der Waals surface area (Å²) in [4.78, 5) is 2.15. The summed E-state index contributed by atoms with van der Waals surface area (Å²) in [7, 11) is 3.70. The number of aromatic nitrogens is 2. The van der Waals surface area contributed by atoms with Gasteiger partial charge in [-0.2, -0.15) is 0 Å². The molecule has 1 heterocycles. The SMILES string of the molecule is COc1cccc(CN(C)Cc2nnsc2NN)c1.